The molecular weight excluding hydrogens is 154 g/mol. The van der Waals surface area contributed by atoms with Crippen LogP contribution in [0.4, 0.5) is 0 Å². The fourth-order valence-electron chi connectivity index (χ4n) is 0.971. The summed E-state index contributed by atoms with van der Waals surface area (Å²) in [4.78, 5) is 0. The topological polar surface area (TPSA) is 47.8 Å². The minimum Gasteiger partial charge on any atom is -0.379 e. The maximum absolute atomic E-state index is 5.36. The van der Waals surface area contributed by atoms with Gasteiger partial charge in [0.1, 0.15) is 6.10 Å². The van der Waals surface area contributed by atoms with E-state index in [9.17, 15) is 0 Å². The lowest BCUT2D eigenvalue weighted by molar-refractivity contribution is 0.114. The minimum absolute atomic E-state index is 0.401. The van der Waals surface area contributed by atoms with Gasteiger partial charge in [0.2, 0.25) is 0 Å². The van der Waals surface area contributed by atoms with Crippen LogP contribution < -0.4 is 5.73 Å². The van der Waals surface area contributed by atoms with Gasteiger partial charge in [0, 0.05) is 6.61 Å². The predicted octanol–water partition coefficient (Wildman–Crippen LogP) is 0.735. The Morgan fingerprint density at radius 3 is 3.00 bits per heavy atom. The Morgan fingerprint density at radius 2 is 2.33 bits per heavy atom. The summed E-state index contributed by atoms with van der Waals surface area (Å²) >= 11 is 0. The third kappa shape index (κ3) is 5.52. The Balaban J connectivity index is 1.65. The van der Waals surface area contributed by atoms with E-state index in [4.69, 9.17) is 15.2 Å². The van der Waals surface area contributed by atoms with Crippen LogP contribution in [0.25, 0.3) is 0 Å². The van der Waals surface area contributed by atoms with Crippen molar-refractivity contribution in [3.63, 3.8) is 0 Å². The van der Waals surface area contributed by atoms with Gasteiger partial charge in [-0.05, 0) is 32.2 Å². The summed E-state index contributed by atoms with van der Waals surface area (Å²) in [7, 11) is 0. The van der Waals surface area contributed by atoms with E-state index in [2.05, 4.69) is 6.42 Å². The summed E-state index contributed by atoms with van der Waals surface area (Å²) in [6, 6.07) is 0. The zero-order valence-electron chi connectivity index (χ0n) is 7.50. The van der Waals surface area contributed by atoms with Gasteiger partial charge in [-0.15, -0.1) is 0 Å². The van der Waals surface area contributed by atoms with Crippen molar-refractivity contribution in [2.45, 2.75) is 25.4 Å². The molecule has 1 radical (unpaired) electrons. The molecule has 0 amide bonds. The minimum atomic E-state index is 0.401. The molecule has 1 rings (SSSR count). The first-order valence-electron chi connectivity index (χ1n) is 4.64. The lowest BCUT2D eigenvalue weighted by atomic mass is 10.2. The summed E-state index contributed by atoms with van der Waals surface area (Å²) in [5, 5.41) is 0. The Kier molecular flexibility index (Phi) is 5.32. The Bertz CT molecular complexity index is 105. The van der Waals surface area contributed by atoms with Crippen molar-refractivity contribution in [1.29, 1.82) is 0 Å². The normalized spacial score (nSPS) is 21.2. The first kappa shape index (κ1) is 9.96. The highest BCUT2D eigenvalue weighted by atomic mass is 16.6. The zero-order chi connectivity index (χ0) is 8.65. The lowest BCUT2D eigenvalue weighted by Crippen LogP contribution is -2.03. The van der Waals surface area contributed by atoms with Crippen LogP contribution in [-0.2, 0) is 9.47 Å². The number of ether oxygens (including phenoxy) is 2. The molecule has 1 atom stereocenters. The van der Waals surface area contributed by atoms with Gasteiger partial charge in [-0.2, -0.15) is 0 Å². The molecule has 1 fully saturated rings. The van der Waals surface area contributed by atoms with Crippen molar-refractivity contribution in [1.82, 2.24) is 0 Å². The number of hydrogen-bond acceptors (Lipinski definition) is 3. The van der Waals surface area contributed by atoms with E-state index in [1.165, 1.54) is 0 Å². The van der Waals surface area contributed by atoms with Crippen LogP contribution in [0.5, 0.6) is 0 Å². The Morgan fingerprint density at radius 1 is 1.50 bits per heavy atom. The fourth-order valence-corrected chi connectivity index (χ4v) is 0.971. The molecule has 1 aliphatic rings. The van der Waals surface area contributed by atoms with Crippen LogP contribution in [-0.4, -0.2) is 32.5 Å². The molecule has 0 bridgehead atoms. The van der Waals surface area contributed by atoms with Gasteiger partial charge in [-0.3, -0.25) is 0 Å². The molecular formula is C9H18NO2. The quantitative estimate of drug-likeness (QED) is 0.434. The molecule has 12 heavy (non-hydrogen) atoms. The second-order valence-corrected chi connectivity index (χ2v) is 3.04. The Hall–Kier alpha value is -0.120. The van der Waals surface area contributed by atoms with E-state index < -0.39 is 0 Å². The number of rotatable bonds is 8. The largest absolute Gasteiger partial charge is 0.379 e. The van der Waals surface area contributed by atoms with Crippen LogP contribution in [0.1, 0.15) is 19.3 Å². The molecule has 2 N–H and O–H groups in total. The summed E-state index contributed by atoms with van der Waals surface area (Å²) in [6.07, 6.45) is 5.86. The second-order valence-electron chi connectivity index (χ2n) is 3.04. The number of hydrogen-bond donors (Lipinski definition) is 1. The second kappa shape index (κ2) is 6.40. The van der Waals surface area contributed by atoms with Crippen molar-refractivity contribution < 1.29 is 9.47 Å². The van der Waals surface area contributed by atoms with Crippen LogP contribution in [0, 0.1) is 6.42 Å². The summed E-state index contributed by atoms with van der Waals surface area (Å²) in [5.41, 5.74) is 5.34. The molecule has 3 nitrogen and oxygen atoms in total. The van der Waals surface area contributed by atoms with Crippen molar-refractivity contribution >= 4 is 0 Å². The molecule has 1 saturated heterocycles. The van der Waals surface area contributed by atoms with Crippen LogP contribution in [0.3, 0.4) is 0 Å². The highest BCUT2D eigenvalue weighted by Crippen LogP contribution is 2.08. The van der Waals surface area contributed by atoms with E-state index in [-0.39, 0.29) is 0 Å². The molecule has 1 unspecified atom stereocenters. The maximum atomic E-state index is 5.36. The van der Waals surface area contributed by atoms with Gasteiger partial charge < -0.3 is 15.2 Å². The van der Waals surface area contributed by atoms with Crippen molar-refractivity contribution in [3.05, 3.63) is 6.42 Å². The molecule has 0 spiro atoms. The van der Waals surface area contributed by atoms with Gasteiger partial charge in [0.25, 0.3) is 0 Å². The summed E-state index contributed by atoms with van der Waals surface area (Å²) in [6.45, 7) is 3.27. The highest BCUT2D eigenvalue weighted by Gasteiger charge is 2.21. The summed E-state index contributed by atoms with van der Waals surface area (Å²) in [5.74, 6) is 0. The van der Waals surface area contributed by atoms with Crippen molar-refractivity contribution in [3.8, 4) is 0 Å². The molecule has 1 heterocycles. The molecule has 0 aromatic rings. The van der Waals surface area contributed by atoms with Crippen LogP contribution in [0.15, 0.2) is 0 Å². The van der Waals surface area contributed by atoms with Gasteiger partial charge in [0.05, 0.1) is 13.2 Å². The van der Waals surface area contributed by atoms with E-state index in [0.717, 1.165) is 45.6 Å². The van der Waals surface area contributed by atoms with Crippen molar-refractivity contribution in [2.24, 2.45) is 5.73 Å². The van der Waals surface area contributed by atoms with E-state index in [1.807, 2.05) is 0 Å². The molecule has 1 aliphatic heterocycles. The van der Waals surface area contributed by atoms with E-state index in [1.54, 1.807) is 0 Å². The number of epoxide rings is 1. The SMILES string of the molecule is NCC[CH]CCCOCC1CO1. The molecule has 71 valence electrons. The van der Waals surface area contributed by atoms with Gasteiger partial charge in [-0.1, -0.05) is 0 Å². The smallest absolute Gasteiger partial charge is 0.104 e. The summed E-state index contributed by atoms with van der Waals surface area (Å²) < 4.78 is 10.4. The third-order valence-corrected chi connectivity index (χ3v) is 1.77. The van der Waals surface area contributed by atoms with Crippen LogP contribution >= 0.6 is 0 Å². The monoisotopic (exact) mass is 172 g/mol. The predicted molar refractivity (Wildman–Crippen MR) is 47.8 cm³/mol. The first-order valence-corrected chi connectivity index (χ1v) is 4.64. The highest BCUT2D eigenvalue weighted by molar-refractivity contribution is 4.68. The van der Waals surface area contributed by atoms with Gasteiger partial charge >= 0.3 is 0 Å². The Labute approximate surface area is 74.2 Å². The molecule has 0 aromatic carbocycles. The molecule has 0 aromatic heterocycles. The van der Waals surface area contributed by atoms with E-state index in [0.29, 0.717) is 6.10 Å². The van der Waals surface area contributed by atoms with E-state index >= 15 is 0 Å². The average Bonchev–Trinajstić information content (AvgIpc) is 2.87. The number of unbranched alkanes of at least 4 members (excludes halogenated alkanes) is 3. The lowest BCUT2D eigenvalue weighted by Gasteiger charge is -2.00. The van der Waals surface area contributed by atoms with Crippen molar-refractivity contribution in [2.75, 3.05) is 26.4 Å². The average molecular weight is 172 g/mol. The van der Waals surface area contributed by atoms with Gasteiger partial charge in [0.15, 0.2) is 0 Å². The van der Waals surface area contributed by atoms with Crippen LogP contribution in [0.2, 0.25) is 0 Å². The van der Waals surface area contributed by atoms with Gasteiger partial charge in [-0.25, -0.2) is 0 Å². The maximum Gasteiger partial charge on any atom is 0.104 e. The molecule has 0 saturated carbocycles. The third-order valence-electron chi connectivity index (χ3n) is 1.77. The molecule has 3 heteroatoms. The fraction of sp³-hybridized carbons (Fsp3) is 0.889. The number of nitrogens with two attached hydrogens (primary N) is 1. The zero-order valence-corrected chi connectivity index (χ0v) is 7.50. The molecule has 0 aliphatic carbocycles. The first-order chi connectivity index (χ1) is 5.93. The standard InChI is InChI=1S/C9H18NO2/c10-5-3-1-2-4-6-11-7-9-8-12-9/h1,9H,2-8,10H2.